The number of carbonyl (C=O) groups is 3. The smallest absolute Gasteiger partial charge is 0.256 e. The summed E-state index contributed by atoms with van der Waals surface area (Å²) in [4.78, 5) is 38.6. The molecule has 0 aliphatic heterocycles. The maximum absolute atomic E-state index is 12.8. The van der Waals surface area contributed by atoms with Gasteiger partial charge in [0.25, 0.3) is 11.8 Å². The highest BCUT2D eigenvalue weighted by atomic mass is 79.9. The van der Waals surface area contributed by atoms with Crippen molar-refractivity contribution in [1.82, 2.24) is 10.2 Å². The van der Waals surface area contributed by atoms with E-state index in [4.69, 9.17) is 0 Å². The molecule has 27 heavy (non-hydrogen) atoms. The maximum Gasteiger partial charge on any atom is 0.256 e. The Balaban J connectivity index is 1.72. The monoisotopic (exact) mass is 429 g/mol. The van der Waals surface area contributed by atoms with Gasteiger partial charge in [-0.25, -0.2) is 0 Å². The molecule has 2 N–H and O–H groups in total. The van der Waals surface area contributed by atoms with Crippen LogP contribution in [0.4, 0.5) is 5.69 Å². The Labute approximate surface area is 166 Å². The number of hydrogen-bond donors (Lipinski definition) is 2. The first-order chi connectivity index (χ1) is 13.0. The number of para-hydroxylation sites is 1. The Kier molecular flexibility index (Phi) is 5.91. The van der Waals surface area contributed by atoms with Gasteiger partial charge in [0.15, 0.2) is 0 Å². The molecule has 0 atom stereocenters. The lowest BCUT2D eigenvalue weighted by Gasteiger charge is -2.19. The van der Waals surface area contributed by atoms with Crippen molar-refractivity contribution in [2.45, 2.75) is 18.9 Å². The first-order valence-corrected chi connectivity index (χ1v) is 9.44. The molecule has 2 aromatic rings. The molecular weight excluding hydrogens is 410 g/mol. The summed E-state index contributed by atoms with van der Waals surface area (Å²) in [5.74, 6) is -0.830. The minimum atomic E-state index is -0.330. The highest BCUT2D eigenvalue weighted by molar-refractivity contribution is 9.10. The van der Waals surface area contributed by atoms with Crippen LogP contribution < -0.4 is 10.6 Å². The standard InChI is InChI=1S/C20H20BrN3O3/c1-24(12-18(25)22-13-10-11-13)20(27)15-7-3-5-9-17(15)23-19(26)14-6-2-4-8-16(14)21/h2-9,13H,10-12H2,1H3,(H,22,25)(H,23,26). The second-order valence-corrected chi connectivity index (χ2v) is 7.34. The summed E-state index contributed by atoms with van der Waals surface area (Å²) < 4.78 is 0.667. The molecular formula is C20H20BrN3O3. The molecule has 0 heterocycles. The predicted octanol–water partition coefficient (Wildman–Crippen LogP) is 3.05. The SMILES string of the molecule is CN(CC(=O)NC1CC1)C(=O)c1ccccc1NC(=O)c1ccccc1Br. The van der Waals surface area contributed by atoms with Crippen molar-refractivity contribution >= 4 is 39.3 Å². The van der Waals surface area contributed by atoms with Crippen molar-refractivity contribution in [3.63, 3.8) is 0 Å². The number of likely N-dealkylation sites (N-methyl/N-ethyl adjacent to an activating group) is 1. The zero-order valence-corrected chi connectivity index (χ0v) is 16.5. The average Bonchev–Trinajstić information content (AvgIpc) is 3.45. The van der Waals surface area contributed by atoms with Crippen LogP contribution in [-0.2, 0) is 4.79 Å². The van der Waals surface area contributed by atoms with Gasteiger partial charge in [0.1, 0.15) is 0 Å². The van der Waals surface area contributed by atoms with Crippen LogP contribution >= 0.6 is 15.9 Å². The lowest BCUT2D eigenvalue weighted by molar-refractivity contribution is -0.121. The number of halogens is 1. The van der Waals surface area contributed by atoms with Gasteiger partial charge in [-0.3, -0.25) is 14.4 Å². The quantitative estimate of drug-likeness (QED) is 0.740. The van der Waals surface area contributed by atoms with Crippen LogP contribution in [-0.4, -0.2) is 42.3 Å². The molecule has 7 heteroatoms. The number of nitrogens with one attached hydrogen (secondary N) is 2. The Bertz CT molecular complexity index is 880. The molecule has 140 valence electrons. The second kappa shape index (κ2) is 8.35. The summed E-state index contributed by atoms with van der Waals surface area (Å²) in [6.07, 6.45) is 1.99. The second-order valence-electron chi connectivity index (χ2n) is 6.48. The highest BCUT2D eigenvalue weighted by Crippen LogP contribution is 2.21. The molecule has 1 saturated carbocycles. The van der Waals surface area contributed by atoms with Gasteiger partial charge in [-0.1, -0.05) is 24.3 Å². The Morgan fingerprint density at radius 3 is 2.33 bits per heavy atom. The van der Waals surface area contributed by atoms with E-state index in [-0.39, 0.29) is 30.3 Å². The van der Waals surface area contributed by atoms with E-state index in [0.717, 1.165) is 12.8 Å². The molecule has 3 amide bonds. The third kappa shape index (κ3) is 4.95. The lowest BCUT2D eigenvalue weighted by Crippen LogP contribution is -2.39. The van der Waals surface area contributed by atoms with Crippen LogP contribution in [0, 0.1) is 0 Å². The van der Waals surface area contributed by atoms with Crippen molar-refractivity contribution in [2.24, 2.45) is 0 Å². The molecule has 1 aliphatic carbocycles. The number of carbonyl (C=O) groups excluding carboxylic acids is 3. The first-order valence-electron chi connectivity index (χ1n) is 8.65. The molecule has 0 aromatic heterocycles. The van der Waals surface area contributed by atoms with Crippen molar-refractivity contribution in [3.8, 4) is 0 Å². The van der Waals surface area contributed by atoms with E-state index >= 15 is 0 Å². The largest absolute Gasteiger partial charge is 0.352 e. The zero-order valence-electron chi connectivity index (χ0n) is 14.9. The van der Waals surface area contributed by atoms with Gasteiger partial charge in [0, 0.05) is 17.6 Å². The molecule has 0 bridgehead atoms. The van der Waals surface area contributed by atoms with Gasteiger partial charge >= 0.3 is 0 Å². The summed E-state index contributed by atoms with van der Waals surface area (Å²) >= 11 is 3.35. The van der Waals surface area contributed by atoms with Crippen molar-refractivity contribution in [1.29, 1.82) is 0 Å². The molecule has 0 saturated heterocycles. The number of nitrogens with zero attached hydrogens (tertiary/aromatic N) is 1. The van der Waals surface area contributed by atoms with Crippen LogP contribution in [0.5, 0.6) is 0 Å². The number of amides is 3. The van der Waals surface area contributed by atoms with Crippen LogP contribution in [0.2, 0.25) is 0 Å². The minimum Gasteiger partial charge on any atom is -0.352 e. The normalized spacial score (nSPS) is 13.0. The van der Waals surface area contributed by atoms with Crippen LogP contribution in [0.3, 0.4) is 0 Å². The van der Waals surface area contributed by atoms with Crippen molar-refractivity contribution < 1.29 is 14.4 Å². The Morgan fingerprint density at radius 1 is 1.04 bits per heavy atom. The molecule has 6 nitrogen and oxygen atoms in total. The molecule has 0 unspecified atom stereocenters. The third-order valence-corrected chi connectivity index (χ3v) is 4.89. The van der Waals surface area contributed by atoms with Crippen molar-refractivity contribution in [3.05, 3.63) is 64.1 Å². The number of rotatable bonds is 6. The molecule has 3 rings (SSSR count). The van der Waals surface area contributed by atoms with Crippen molar-refractivity contribution in [2.75, 3.05) is 18.9 Å². The van der Waals surface area contributed by atoms with Gasteiger partial charge in [-0.15, -0.1) is 0 Å². The van der Waals surface area contributed by atoms with Crippen LogP contribution in [0.15, 0.2) is 53.0 Å². The van der Waals surface area contributed by atoms with E-state index in [1.807, 2.05) is 6.07 Å². The van der Waals surface area contributed by atoms with E-state index < -0.39 is 0 Å². The zero-order chi connectivity index (χ0) is 19.4. The van der Waals surface area contributed by atoms with Gasteiger partial charge in [-0.05, 0) is 53.0 Å². The Hall–Kier alpha value is -2.67. The van der Waals surface area contributed by atoms with Crippen LogP contribution in [0.1, 0.15) is 33.6 Å². The Morgan fingerprint density at radius 2 is 1.67 bits per heavy atom. The van der Waals surface area contributed by atoms with E-state index in [9.17, 15) is 14.4 Å². The summed E-state index contributed by atoms with van der Waals surface area (Å²) in [5.41, 5.74) is 1.20. The summed E-state index contributed by atoms with van der Waals surface area (Å²) in [6.45, 7) is -0.0259. The first kappa shape index (κ1) is 19.1. The predicted molar refractivity (Wildman–Crippen MR) is 107 cm³/mol. The fourth-order valence-electron chi connectivity index (χ4n) is 2.61. The fraction of sp³-hybridized carbons (Fsp3) is 0.250. The van der Waals surface area contributed by atoms with Gasteiger partial charge in [-0.2, -0.15) is 0 Å². The fourth-order valence-corrected chi connectivity index (χ4v) is 3.07. The molecule has 1 aliphatic rings. The number of benzene rings is 2. The lowest BCUT2D eigenvalue weighted by atomic mass is 10.1. The maximum atomic E-state index is 12.8. The topological polar surface area (TPSA) is 78.5 Å². The van der Waals surface area contributed by atoms with Gasteiger partial charge in [0.2, 0.25) is 5.91 Å². The molecule has 0 radical (unpaired) electrons. The average molecular weight is 430 g/mol. The molecule has 0 spiro atoms. The third-order valence-electron chi connectivity index (χ3n) is 4.19. The van der Waals surface area contributed by atoms with Gasteiger partial charge < -0.3 is 15.5 Å². The number of hydrogen-bond acceptors (Lipinski definition) is 3. The molecule has 1 fully saturated rings. The van der Waals surface area contributed by atoms with E-state index in [1.165, 1.54) is 4.90 Å². The summed E-state index contributed by atoms with van der Waals surface area (Å²) in [6, 6.07) is 14.1. The van der Waals surface area contributed by atoms with Crippen LogP contribution in [0.25, 0.3) is 0 Å². The summed E-state index contributed by atoms with van der Waals surface area (Å²) in [7, 11) is 1.57. The highest BCUT2D eigenvalue weighted by Gasteiger charge is 2.25. The molecule has 2 aromatic carbocycles. The van der Waals surface area contributed by atoms with E-state index in [2.05, 4.69) is 26.6 Å². The summed E-state index contributed by atoms with van der Waals surface area (Å²) in [5, 5.41) is 5.64. The number of anilines is 1. The minimum absolute atomic E-state index is 0.0259. The van der Waals surface area contributed by atoms with E-state index in [1.54, 1.807) is 49.5 Å². The van der Waals surface area contributed by atoms with Gasteiger partial charge in [0.05, 0.1) is 23.4 Å². The van der Waals surface area contributed by atoms with E-state index in [0.29, 0.717) is 21.3 Å².